The summed E-state index contributed by atoms with van der Waals surface area (Å²) in [4.78, 5) is 20.2. The first-order valence-corrected chi connectivity index (χ1v) is 7.97. The molecule has 26 heavy (non-hydrogen) atoms. The fourth-order valence-corrected chi connectivity index (χ4v) is 2.61. The van der Waals surface area contributed by atoms with Crippen molar-refractivity contribution in [1.29, 1.82) is 0 Å². The highest BCUT2D eigenvalue weighted by Gasteiger charge is 2.18. The van der Waals surface area contributed by atoms with E-state index >= 15 is 0 Å². The normalized spacial score (nSPS) is 11.8. The van der Waals surface area contributed by atoms with Crippen molar-refractivity contribution in [3.05, 3.63) is 65.5 Å². The number of nitrogens with zero attached hydrogens (tertiary/aromatic N) is 4. The Hall–Kier alpha value is -3.29. The van der Waals surface area contributed by atoms with E-state index in [4.69, 9.17) is 4.74 Å². The maximum Gasteiger partial charge on any atom is 0.316 e. The van der Waals surface area contributed by atoms with E-state index in [1.54, 1.807) is 23.0 Å². The van der Waals surface area contributed by atoms with Crippen LogP contribution in [0.1, 0.15) is 34.6 Å². The average Bonchev–Trinajstić information content (AvgIpc) is 3.03. The number of rotatable bonds is 5. The van der Waals surface area contributed by atoms with Gasteiger partial charge in [0.2, 0.25) is 0 Å². The Kier molecular flexibility index (Phi) is 4.92. The lowest BCUT2D eigenvalue weighted by Crippen LogP contribution is -2.27. The maximum absolute atomic E-state index is 13.4. The van der Waals surface area contributed by atoms with E-state index in [9.17, 15) is 9.18 Å². The number of methoxy groups -OCH3 is 1. The summed E-state index contributed by atoms with van der Waals surface area (Å²) in [6.45, 7) is 3.72. The number of halogens is 1. The third-order valence-electron chi connectivity index (χ3n) is 3.99. The van der Waals surface area contributed by atoms with Crippen LogP contribution in [0.15, 0.2) is 42.9 Å². The van der Waals surface area contributed by atoms with Crippen LogP contribution in [-0.2, 0) is 0 Å². The standard InChI is InChI=1S/C18H18FN5O2/c1-11(23-17(25)13-8-20-18(26-3)21-9-13)16-10-22-24(12(16)2)15-6-4-5-14(19)7-15/h4-11H,1-3H3,(H,23,25)/t11-/m1/s1. The van der Waals surface area contributed by atoms with Gasteiger partial charge in [-0.1, -0.05) is 6.07 Å². The smallest absolute Gasteiger partial charge is 0.316 e. The molecule has 3 rings (SSSR count). The summed E-state index contributed by atoms with van der Waals surface area (Å²) in [6, 6.07) is 6.07. The quantitative estimate of drug-likeness (QED) is 0.761. The van der Waals surface area contributed by atoms with Gasteiger partial charge in [-0.05, 0) is 32.0 Å². The summed E-state index contributed by atoms with van der Waals surface area (Å²) in [5.74, 6) is -0.641. The Balaban J connectivity index is 1.77. The second-order valence-electron chi connectivity index (χ2n) is 5.73. The predicted octanol–water partition coefficient (Wildman–Crippen LogP) is 2.61. The molecule has 2 heterocycles. The Morgan fingerprint density at radius 1 is 1.27 bits per heavy atom. The first kappa shape index (κ1) is 17.5. The molecule has 0 aliphatic heterocycles. The molecule has 2 aromatic heterocycles. The second kappa shape index (κ2) is 7.30. The molecule has 0 radical (unpaired) electrons. The summed E-state index contributed by atoms with van der Waals surface area (Å²) >= 11 is 0. The highest BCUT2D eigenvalue weighted by atomic mass is 19.1. The number of carbonyl (C=O) groups excluding carboxylic acids is 1. The predicted molar refractivity (Wildman–Crippen MR) is 92.7 cm³/mol. The lowest BCUT2D eigenvalue weighted by atomic mass is 10.1. The second-order valence-corrected chi connectivity index (χ2v) is 5.73. The topological polar surface area (TPSA) is 81.9 Å². The van der Waals surface area contributed by atoms with Gasteiger partial charge in [0.15, 0.2) is 0 Å². The van der Waals surface area contributed by atoms with Crippen LogP contribution in [0.5, 0.6) is 6.01 Å². The first-order chi connectivity index (χ1) is 12.5. The summed E-state index contributed by atoms with van der Waals surface area (Å²) in [7, 11) is 1.45. The van der Waals surface area contributed by atoms with Gasteiger partial charge in [-0.15, -0.1) is 0 Å². The largest absolute Gasteiger partial charge is 0.467 e. The monoisotopic (exact) mass is 355 g/mol. The van der Waals surface area contributed by atoms with Gasteiger partial charge in [0.05, 0.1) is 30.6 Å². The van der Waals surface area contributed by atoms with E-state index in [-0.39, 0.29) is 23.8 Å². The first-order valence-electron chi connectivity index (χ1n) is 7.97. The van der Waals surface area contributed by atoms with Crippen LogP contribution in [0.25, 0.3) is 5.69 Å². The Morgan fingerprint density at radius 2 is 2.00 bits per heavy atom. The number of ether oxygens (including phenoxy) is 1. The molecule has 0 fully saturated rings. The minimum absolute atomic E-state index is 0.196. The van der Waals surface area contributed by atoms with Crippen molar-refractivity contribution in [1.82, 2.24) is 25.1 Å². The average molecular weight is 355 g/mol. The van der Waals surface area contributed by atoms with Crippen LogP contribution in [0, 0.1) is 12.7 Å². The summed E-state index contributed by atoms with van der Waals surface area (Å²) in [5.41, 5.74) is 2.59. The summed E-state index contributed by atoms with van der Waals surface area (Å²) in [5, 5.41) is 7.19. The zero-order valence-corrected chi connectivity index (χ0v) is 14.6. The van der Waals surface area contributed by atoms with Gasteiger partial charge < -0.3 is 10.1 Å². The minimum Gasteiger partial charge on any atom is -0.467 e. The summed E-state index contributed by atoms with van der Waals surface area (Å²) < 4.78 is 20.0. The molecule has 1 aromatic carbocycles. The number of nitrogens with one attached hydrogen (secondary N) is 1. The number of carbonyl (C=O) groups is 1. The van der Waals surface area contributed by atoms with Gasteiger partial charge >= 0.3 is 6.01 Å². The lowest BCUT2D eigenvalue weighted by molar-refractivity contribution is 0.0939. The van der Waals surface area contributed by atoms with Crippen molar-refractivity contribution in [2.75, 3.05) is 7.11 Å². The van der Waals surface area contributed by atoms with E-state index in [0.717, 1.165) is 11.3 Å². The van der Waals surface area contributed by atoms with Gasteiger partial charge in [-0.25, -0.2) is 19.0 Å². The number of benzene rings is 1. The third kappa shape index (κ3) is 3.53. The molecule has 8 heteroatoms. The van der Waals surface area contributed by atoms with E-state index in [1.807, 2.05) is 13.8 Å². The molecule has 7 nitrogen and oxygen atoms in total. The van der Waals surface area contributed by atoms with Crippen LogP contribution in [0.2, 0.25) is 0 Å². The van der Waals surface area contributed by atoms with Crippen molar-refractivity contribution in [3.63, 3.8) is 0 Å². The highest BCUT2D eigenvalue weighted by molar-refractivity contribution is 5.93. The van der Waals surface area contributed by atoms with Crippen LogP contribution >= 0.6 is 0 Å². The number of aromatic nitrogens is 4. The van der Waals surface area contributed by atoms with Gasteiger partial charge in [0, 0.05) is 23.7 Å². The van der Waals surface area contributed by atoms with Crippen molar-refractivity contribution < 1.29 is 13.9 Å². The molecule has 0 aliphatic rings. The van der Waals surface area contributed by atoms with Crippen molar-refractivity contribution in [3.8, 4) is 11.7 Å². The Morgan fingerprint density at radius 3 is 2.65 bits per heavy atom. The molecule has 1 amide bonds. The van der Waals surface area contributed by atoms with Gasteiger partial charge in [-0.3, -0.25) is 4.79 Å². The van der Waals surface area contributed by atoms with Crippen LogP contribution in [0.3, 0.4) is 0 Å². The molecular weight excluding hydrogens is 337 g/mol. The number of hydrogen-bond donors (Lipinski definition) is 1. The molecule has 0 bridgehead atoms. The molecular formula is C18H18FN5O2. The Bertz CT molecular complexity index is 924. The SMILES string of the molecule is COc1ncc(C(=O)N[C@H](C)c2cnn(-c3cccc(F)c3)c2C)cn1. The van der Waals surface area contributed by atoms with Crippen LogP contribution in [0.4, 0.5) is 4.39 Å². The molecule has 1 atom stereocenters. The Labute approximate surface area is 149 Å². The van der Waals surface area contributed by atoms with Gasteiger partial charge in [0.25, 0.3) is 5.91 Å². The van der Waals surface area contributed by atoms with E-state index in [1.165, 1.54) is 31.6 Å². The summed E-state index contributed by atoms with van der Waals surface area (Å²) in [6.07, 6.45) is 4.46. The fraction of sp³-hybridized carbons (Fsp3) is 0.222. The van der Waals surface area contributed by atoms with E-state index in [0.29, 0.717) is 11.3 Å². The molecule has 134 valence electrons. The van der Waals surface area contributed by atoms with Gasteiger partial charge in [0.1, 0.15) is 5.82 Å². The zero-order valence-electron chi connectivity index (χ0n) is 14.6. The highest BCUT2D eigenvalue weighted by Crippen LogP contribution is 2.21. The maximum atomic E-state index is 13.4. The van der Waals surface area contributed by atoms with E-state index < -0.39 is 0 Å². The fourth-order valence-electron chi connectivity index (χ4n) is 2.61. The van der Waals surface area contributed by atoms with E-state index in [2.05, 4.69) is 20.4 Å². The molecule has 0 unspecified atom stereocenters. The molecule has 1 N–H and O–H groups in total. The van der Waals surface area contributed by atoms with Crippen LogP contribution in [-0.4, -0.2) is 32.8 Å². The lowest BCUT2D eigenvalue weighted by Gasteiger charge is -2.14. The molecule has 0 spiro atoms. The third-order valence-corrected chi connectivity index (χ3v) is 3.99. The van der Waals surface area contributed by atoms with Crippen molar-refractivity contribution in [2.45, 2.75) is 19.9 Å². The van der Waals surface area contributed by atoms with Crippen molar-refractivity contribution in [2.24, 2.45) is 0 Å². The molecule has 0 saturated heterocycles. The minimum atomic E-state index is -0.334. The van der Waals surface area contributed by atoms with Crippen molar-refractivity contribution >= 4 is 5.91 Å². The number of hydrogen-bond acceptors (Lipinski definition) is 5. The van der Waals surface area contributed by atoms with Crippen LogP contribution < -0.4 is 10.1 Å². The number of amides is 1. The zero-order chi connectivity index (χ0) is 18.7. The molecule has 0 aliphatic carbocycles. The van der Waals surface area contributed by atoms with Gasteiger partial charge in [-0.2, -0.15) is 5.10 Å². The molecule has 3 aromatic rings. The molecule has 0 saturated carbocycles.